The predicted molar refractivity (Wildman–Crippen MR) is 122 cm³/mol. The molecule has 2 fully saturated rings. The van der Waals surface area contributed by atoms with Crippen LogP contribution < -0.4 is 10.6 Å². The highest BCUT2D eigenvalue weighted by molar-refractivity contribution is 5.92. The van der Waals surface area contributed by atoms with Crippen molar-refractivity contribution in [3.63, 3.8) is 0 Å². The molecule has 0 amide bonds. The van der Waals surface area contributed by atoms with E-state index in [0.717, 1.165) is 63.5 Å². The van der Waals surface area contributed by atoms with E-state index in [1.165, 1.54) is 24.3 Å². The van der Waals surface area contributed by atoms with Gasteiger partial charge in [0.2, 0.25) is 0 Å². The molecule has 0 spiro atoms. The Kier molecular flexibility index (Phi) is 7.97. The van der Waals surface area contributed by atoms with Gasteiger partial charge in [-0.05, 0) is 35.4 Å². The topological polar surface area (TPSA) is 47.6 Å². The number of hydrogen-bond acceptors (Lipinski definition) is 5. The van der Waals surface area contributed by atoms with Gasteiger partial charge in [-0.25, -0.2) is 8.78 Å². The third-order valence-electron chi connectivity index (χ3n) is 6.53. The Morgan fingerprint density at radius 1 is 0.688 bits per heavy atom. The molecular formula is C25H32F2N4O. The SMILES string of the molecule is O=C(C(CN1CCNCC1)c1ccc(F)cc1)C(CN1CCNCC1)c1ccc(F)cc1. The summed E-state index contributed by atoms with van der Waals surface area (Å²) in [4.78, 5) is 18.7. The lowest BCUT2D eigenvalue weighted by Gasteiger charge is -2.34. The Morgan fingerprint density at radius 3 is 1.38 bits per heavy atom. The predicted octanol–water partition coefficient (Wildman–Crippen LogP) is 2.21. The summed E-state index contributed by atoms with van der Waals surface area (Å²) in [5, 5.41) is 6.70. The molecule has 0 radical (unpaired) electrons. The van der Waals surface area contributed by atoms with Gasteiger partial charge in [-0.3, -0.25) is 14.6 Å². The number of halogens is 2. The summed E-state index contributed by atoms with van der Waals surface area (Å²) >= 11 is 0. The van der Waals surface area contributed by atoms with E-state index < -0.39 is 0 Å². The number of piperazine rings is 2. The fraction of sp³-hybridized carbons (Fsp3) is 0.480. The van der Waals surface area contributed by atoms with E-state index >= 15 is 0 Å². The van der Waals surface area contributed by atoms with Gasteiger partial charge in [-0.15, -0.1) is 0 Å². The van der Waals surface area contributed by atoms with E-state index in [4.69, 9.17) is 0 Å². The summed E-state index contributed by atoms with van der Waals surface area (Å²) < 4.78 is 27.3. The van der Waals surface area contributed by atoms with Gasteiger partial charge < -0.3 is 10.6 Å². The Bertz CT molecular complexity index is 791. The molecule has 0 aromatic heterocycles. The molecule has 0 saturated carbocycles. The molecule has 2 aliphatic rings. The first kappa shape index (κ1) is 23.0. The minimum atomic E-state index is -0.369. The Labute approximate surface area is 188 Å². The zero-order valence-corrected chi connectivity index (χ0v) is 18.4. The number of rotatable bonds is 8. The highest BCUT2D eigenvalue weighted by Crippen LogP contribution is 2.29. The first-order valence-corrected chi connectivity index (χ1v) is 11.5. The molecule has 2 atom stereocenters. The number of nitrogens with zero attached hydrogens (tertiary/aromatic N) is 2. The molecule has 2 aromatic rings. The van der Waals surface area contributed by atoms with Gasteiger partial charge >= 0.3 is 0 Å². The summed E-state index contributed by atoms with van der Waals surface area (Å²) in [6.07, 6.45) is 0. The Morgan fingerprint density at radius 2 is 1.03 bits per heavy atom. The first-order chi connectivity index (χ1) is 15.6. The Hall–Kier alpha value is -2.19. The number of Topliss-reactive ketones (excluding diaryl/α,β-unsaturated/α-hetero) is 1. The summed E-state index contributed by atoms with van der Waals surface area (Å²) in [6.45, 7) is 8.30. The lowest BCUT2D eigenvalue weighted by Crippen LogP contribution is -2.48. The fourth-order valence-electron chi connectivity index (χ4n) is 4.66. The molecule has 0 bridgehead atoms. The van der Waals surface area contributed by atoms with Crippen LogP contribution in [0.15, 0.2) is 48.5 Å². The van der Waals surface area contributed by atoms with Gasteiger partial charge in [0.05, 0.1) is 11.8 Å². The van der Waals surface area contributed by atoms with E-state index in [2.05, 4.69) is 20.4 Å². The molecule has 2 aromatic carbocycles. The normalized spacial score (nSPS) is 20.1. The second-order valence-corrected chi connectivity index (χ2v) is 8.71. The molecule has 4 rings (SSSR count). The van der Waals surface area contributed by atoms with E-state index in [9.17, 15) is 13.6 Å². The van der Waals surface area contributed by atoms with Crippen molar-refractivity contribution in [2.75, 3.05) is 65.4 Å². The maximum absolute atomic E-state index is 14.1. The average Bonchev–Trinajstić information content (AvgIpc) is 2.83. The van der Waals surface area contributed by atoms with Crippen molar-refractivity contribution >= 4 is 5.78 Å². The lowest BCUT2D eigenvalue weighted by atomic mass is 9.82. The first-order valence-electron chi connectivity index (χ1n) is 11.5. The molecule has 2 heterocycles. The maximum Gasteiger partial charge on any atom is 0.150 e. The minimum absolute atomic E-state index is 0.111. The van der Waals surface area contributed by atoms with Crippen LogP contribution in [0, 0.1) is 11.6 Å². The van der Waals surface area contributed by atoms with Gasteiger partial charge in [0.25, 0.3) is 0 Å². The minimum Gasteiger partial charge on any atom is -0.314 e. The van der Waals surface area contributed by atoms with Crippen molar-refractivity contribution in [2.24, 2.45) is 0 Å². The van der Waals surface area contributed by atoms with Crippen molar-refractivity contribution in [1.82, 2.24) is 20.4 Å². The molecule has 2 saturated heterocycles. The molecule has 2 aliphatic heterocycles. The van der Waals surface area contributed by atoms with Crippen molar-refractivity contribution in [3.8, 4) is 0 Å². The quantitative estimate of drug-likeness (QED) is 0.657. The number of nitrogens with one attached hydrogen (secondary N) is 2. The third-order valence-corrected chi connectivity index (χ3v) is 6.53. The van der Waals surface area contributed by atoms with Crippen LogP contribution in [0.2, 0.25) is 0 Å². The van der Waals surface area contributed by atoms with Crippen LogP contribution >= 0.6 is 0 Å². The lowest BCUT2D eigenvalue weighted by molar-refractivity contribution is -0.123. The van der Waals surface area contributed by atoms with Crippen LogP contribution in [-0.4, -0.2) is 81.0 Å². The molecular weight excluding hydrogens is 410 g/mol. The maximum atomic E-state index is 14.1. The summed E-state index contributed by atoms with van der Waals surface area (Å²) in [7, 11) is 0. The summed E-state index contributed by atoms with van der Waals surface area (Å²) in [5.74, 6) is -1.24. The number of hydrogen-bond donors (Lipinski definition) is 2. The summed E-state index contributed by atoms with van der Waals surface area (Å²) in [5.41, 5.74) is 1.67. The Balaban J connectivity index is 1.63. The molecule has 7 heteroatoms. The van der Waals surface area contributed by atoms with Gasteiger partial charge in [-0.2, -0.15) is 0 Å². The number of ketones is 1. The van der Waals surface area contributed by atoms with Gasteiger partial charge in [0.15, 0.2) is 0 Å². The highest BCUT2D eigenvalue weighted by Gasteiger charge is 2.32. The van der Waals surface area contributed by atoms with Crippen LogP contribution in [0.4, 0.5) is 8.78 Å². The zero-order chi connectivity index (χ0) is 22.3. The van der Waals surface area contributed by atoms with E-state index in [0.29, 0.717) is 13.1 Å². The molecule has 2 unspecified atom stereocenters. The standard InChI is InChI=1S/C25H32F2N4O/c26-21-5-1-19(2-6-21)23(17-30-13-9-28-10-14-30)25(32)24(18-31-15-11-29-12-16-31)20-3-7-22(27)8-4-20/h1-8,23-24,28-29H,9-18H2. The van der Waals surface area contributed by atoms with E-state index in [1.807, 2.05) is 0 Å². The second-order valence-electron chi connectivity index (χ2n) is 8.71. The molecule has 172 valence electrons. The number of benzene rings is 2. The van der Waals surface area contributed by atoms with Crippen molar-refractivity contribution < 1.29 is 13.6 Å². The van der Waals surface area contributed by atoms with Crippen LogP contribution in [0.5, 0.6) is 0 Å². The van der Waals surface area contributed by atoms with Gasteiger partial charge in [-0.1, -0.05) is 24.3 Å². The number of carbonyl (C=O) groups excluding carboxylic acids is 1. The average molecular weight is 443 g/mol. The molecule has 2 N–H and O–H groups in total. The second kappa shape index (κ2) is 11.1. The van der Waals surface area contributed by atoms with E-state index in [-0.39, 0.29) is 29.3 Å². The van der Waals surface area contributed by atoms with Crippen molar-refractivity contribution in [3.05, 3.63) is 71.3 Å². The molecule has 0 aliphatic carbocycles. The summed E-state index contributed by atoms with van der Waals surface area (Å²) in [6, 6.07) is 12.6. The van der Waals surface area contributed by atoms with Crippen LogP contribution in [-0.2, 0) is 4.79 Å². The van der Waals surface area contributed by atoms with Crippen molar-refractivity contribution in [2.45, 2.75) is 11.8 Å². The van der Waals surface area contributed by atoms with Crippen LogP contribution in [0.1, 0.15) is 23.0 Å². The third kappa shape index (κ3) is 5.98. The largest absolute Gasteiger partial charge is 0.314 e. The molecule has 32 heavy (non-hydrogen) atoms. The monoisotopic (exact) mass is 442 g/mol. The highest BCUT2D eigenvalue weighted by atomic mass is 19.1. The van der Waals surface area contributed by atoms with Gasteiger partial charge in [0.1, 0.15) is 17.4 Å². The van der Waals surface area contributed by atoms with Crippen LogP contribution in [0.25, 0.3) is 0 Å². The smallest absolute Gasteiger partial charge is 0.150 e. The van der Waals surface area contributed by atoms with Crippen LogP contribution in [0.3, 0.4) is 0 Å². The fourth-order valence-corrected chi connectivity index (χ4v) is 4.66. The number of carbonyl (C=O) groups is 1. The van der Waals surface area contributed by atoms with Crippen molar-refractivity contribution in [1.29, 1.82) is 0 Å². The van der Waals surface area contributed by atoms with E-state index in [1.54, 1.807) is 24.3 Å². The molecule has 5 nitrogen and oxygen atoms in total. The van der Waals surface area contributed by atoms with Gasteiger partial charge in [0, 0.05) is 65.4 Å². The zero-order valence-electron chi connectivity index (χ0n) is 18.4.